The lowest BCUT2D eigenvalue weighted by atomic mass is 10.0. The van der Waals surface area contributed by atoms with Gasteiger partial charge >= 0.3 is 0 Å². The smallest absolute Gasteiger partial charge is 0.251 e. The number of carbonyl (C=O) groups excluding carboxylic acids is 1. The zero-order valence-electron chi connectivity index (χ0n) is 11.7. The molecular formula is C15H16ClNO4. The number of hydrogen-bond acceptors (Lipinski definition) is 4. The summed E-state index contributed by atoms with van der Waals surface area (Å²) < 4.78 is 5.37. The molecule has 0 bridgehead atoms. The quantitative estimate of drug-likeness (QED) is 0.810. The number of phenolic OH excluding ortho intramolecular Hbond substituents is 1. The second-order valence-corrected chi connectivity index (χ2v) is 5.44. The minimum atomic E-state index is -1.31. The van der Waals surface area contributed by atoms with Crippen LogP contribution in [-0.2, 0) is 5.60 Å². The Morgan fingerprint density at radius 2 is 2.10 bits per heavy atom. The molecule has 1 aromatic heterocycles. The van der Waals surface area contributed by atoms with E-state index in [1.165, 1.54) is 18.2 Å². The van der Waals surface area contributed by atoms with Gasteiger partial charge in [0.15, 0.2) is 0 Å². The Morgan fingerprint density at radius 3 is 2.67 bits per heavy atom. The maximum absolute atomic E-state index is 12.0. The van der Waals surface area contributed by atoms with E-state index in [0.29, 0.717) is 17.1 Å². The maximum atomic E-state index is 12.0. The highest BCUT2D eigenvalue weighted by atomic mass is 35.5. The third kappa shape index (κ3) is 3.56. The first-order valence-corrected chi connectivity index (χ1v) is 6.73. The van der Waals surface area contributed by atoms with Gasteiger partial charge in [0.05, 0.1) is 11.6 Å². The van der Waals surface area contributed by atoms with Crippen LogP contribution in [0, 0.1) is 6.92 Å². The summed E-state index contributed by atoms with van der Waals surface area (Å²) >= 11 is 5.75. The normalized spacial score (nSPS) is 13.7. The van der Waals surface area contributed by atoms with Crippen LogP contribution in [0.4, 0.5) is 0 Å². The van der Waals surface area contributed by atoms with Crippen molar-refractivity contribution in [2.75, 3.05) is 6.54 Å². The van der Waals surface area contributed by atoms with E-state index in [0.717, 1.165) is 0 Å². The predicted molar refractivity (Wildman–Crippen MR) is 78.5 cm³/mol. The van der Waals surface area contributed by atoms with Gasteiger partial charge in [-0.05, 0) is 44.2 Å². The van der Waals surface area contributed by atoms with Gasteiger partial charge in [-0.1, -0.05) is 11.6 Å². The summed E-state index contributed by atoms with van der Waals surface area (Å²) in [6, 6.07) is 7.55. The van der Waals surface area contributed by atoms with Gasteiger partial charge in [0, 0.05) is 5.56 Å². The first-order chi connectivity index (χ1) is 9.79. The first kappa shape index (κ1) is 15.4. The molecule has 21 heavy (non-hydrogen) atoms. The van der Waals surface area contributed by atoms with E-state index in [1.807, 2.05) is 0 Å². The van der Waals surface area contributed by atoms with Crippen molar-refractivity contribution in [2.45, 2.75) is 19.4 Å². The fourth-order valence-corrected chi connectivity index (χ4v) is 1.99. The molecule has 1 heterocycles. The largest absolute Gasteiger partial charge is 0.506 e. The molecule has 0 aliphatic rings. The van der Waals surface area contributed by atoms with Crippen LogP contribution in [0.2, 0.25) is 5.02 Å². The number of carbonyl (C=O) groups is 1. The van der Waals surface area contributed by atoms with Crippen molar-refractivity contribution < 1.29 is 19.4 Å². The summed E-state index contributed by atoms with van der Waals surface area (Å²) in [6.07, 6.45) is 0. The van der Waals surface area contributed by atoms with Crippen LogP contribution in [0.15, 0.2) is 34.7 Å². The average Bonchev–Trinajstić information content (AvgIpc) is 2.87. The molecule has 6 heteroatoms. The third-order valence-corrected chi connectivity index (χ3v) is 3.38. The fraction of sp³-hybridized carbons (Fsp3) is 0.267. The summed E-state index contributed by atoms with van der Waals surface area (Å²) in [5.74, 6) is 0.567. The number of halogens is 1. The van der Waals surface area contributed by atoms with Crippen LogP contribution in [0.25, 0.3) is 0 Å². The molecule has 1 amide bonds. The molecule has 1 atom stereocenters. The van der Waals surface area contributed by atoms with Crippen molar-refractivity contribution in [1.82, 2.24) is 5.32 Å². The molecule has 2 rings (SSSR count). The van der Waals surface area contributed by atoms with Crippen molar-refractivity contribution >= 4 is 17.5 Å². The Balaban J connectivity index is 2.04. The molecule has 0 spiro atoms. The molecule has 0 aliphatic carbocycles. The van der Waals surface area contributed by atoms with E-state index in [9.17, 15) is 15.0 Å². The lowest BCUT2D eigenvalue weighted by molar-refractivity contribution is 0.0323. The summed E-state index contributed by atoms with van der Waals surface area (Å²) in [6.45, 7) is 3.31. The van der Waals surface area contributed by atoms with Crippen LogP contribution >= 0.6 is 11.6 Å². The van der Waals surface area contributed by atoms with E-state index < -0.39 is 11.5 Å². The van der Waals surface area contributed by atoms with Gasteiger partial charge in [-0.2, -0.15) is 0 Å². The van der Waals surface area contributed by atoms with Crippen molar-refractivity contribution in [3.63, 3.8) is 0 Å². The molecule has 1 aromatic carbocycles. The van der Waals surface area contributed by atoms with Crippen LogP contribution in [0.3, 0.4) is 0 Å². The van der Waals surface area contributed by atoms with E-state index in [2.05, 4.69) is 5.32 Å². The summed E-state index contributed by atoms with van der Waals surface area (Å²) in [5.41, 5.74) is -1.02. The molecule has 2 aromatic rings. The van der Waals surface area contributed by atoms with Crippen molar-refractivity contribution in [1.29, 1.82) is 0 Å². The zero-order chi connectivity index (χ0) is 15.6. The molecule has 0 saturated carbocycles. The minimum absolute atomic E-state index is 0.0166. The Kier molecular flexibility index (Phi) is 4.25. The van der Waals surface area contributed by atoms with Crippen LogP contribution in [0.5, 0.6) is 5.75 Å². The Morgan fingerprint density at radius 1 is 1.38 bits per heavy atom. The second-order valence-electron chi connectivity index (χ2n) is 5.03. The Bertz CT molecular complexity index is 663. The van der Waals surface area contributed by atoms with Gasteiger partial charge in [0.1, 0.15) is 22.9 Å². The van der Waals surface area contributed by atoms with Gasteiger partial charge < -0.3 is 19.9 Å². The SMILES string of the molecule is Cc1ccc(C(C)(O)CNC(=O)c2ccc(O)c(Cl)c2)o1. The number of benzene rings is 1. The van der Waals surface area contributed by atoms with Crippen LogP contribution in [0.1, 0.15) is 28.8 Å². The van der Waals surface area contributed by atoms with Crippen molar-refractivity contribution in [3.8, 4) is 5.75 Å². The number of aliphatic hydroxyl groups is 1. The van der Waals surface area contributed by atoms with Gasteiger partial charge in [-0.15, -0.1) is 0 Å². The summed E-state index contributed by atoms with van der Waals surface area (Å²) in [7, 11) is 0. The van der Waals surface area contributed by atoms with E-state index in [1.54, 1.807) is 26.0 Å². The van der Waals surface area contributed by atoms with Crippen LogP contribution in [-0.4, -0.2) is 22.7 Å². The highest BCUT2D eigenvalue weighted by Gasteiger charge is 2.27. The average molecular weight is 310 g/mol. The van der Waals surface area contributed by atoms with E-state index in [4.69, 9.17) is 16.0 Å². The van der Waals surface area contributed by atoms with Crippen molar-refractivity contribution in [3.05, 3.63) is 52.4 Å². The lowest BCUT2D eigenvalue weighted by Crippen LogP contribution is -2.38. The molecule has 0 radical (unpaired) electrons. The van der Waals surface area contributed by atoms with Gasteiger partial charge in [0.25, 0.3) is 5.91 Å². The second kappa shape index (κ2) is 5.79. The lowest BCUT2D eigenvalue weighted by Gasteiger charge is -2.21. The van der Waals surface area contributed by atoms with Crippen LogP contribution < -0.4 is 5.32 Å². The number of aromatic hydroxyl groups is 1. The van der Waals surface area contributed by atoms with E-state index >= 15 is 0 Å². The summed E-state index contributed by atoms with van der Waals surface area (Å²) in [4.78, 5) is 12.0. The zero-order valence-corrected chi connectivity index (χ0v) is 12.4. The number of furan rings is 1. The highest BCUT2D eigenvalue weighted by Crippen LogP contribution is 2.24. The fourth-order valence-electron chi connectivity index (χ4n) is 1.81. The number of hydrogen-bond donors (Lipinski definition) is 3. The standard InChI is InChI=1S/C15H16ClNO4/c1-9-3-6-13(21-9)15(2,20)8-17-14(19)10-4-5-12(18)11(16)7-10/h3-7,18,20H,8H2,1-2H3,(H,17,19). The van der Waals surface area contributed by atoms with Gasteiger partial charge in [-0.3, -0.25) is 4.79 Å². The number of amides is 1. The first-order valence-electron chi connectivity index (χ1n) is 6.35. The predicted octanol–water partition coefficient (Wildman–Crippen LogP) is 2.58. The number of aryl methyl sites for hydroxylation is 1. The third-order valence-electron chi connectivity index (χ3n) is 3.07. The topological polar surface area (TPSA) is 82.7 Å². The maximum Gasteiger partial charge on any atom is 0.251 e. The van der Waals surface area contributed by atoms with Crippen molar-refractivity contribution in [2.24, 2.45) is 0 Å². The number of rotatable bonds is 4. The monoisotopic (exact) mass is 309 g/mol. The molecular weight excluding hydrogens is 294 g/mol. The minimum Gasteiger partial charge on any atom is -0.506 e. The molecule has 5 nitrogen and oxygen atoms in total. The highest BCUT2D eigenvalue weighted by molar-refractivity contribution is 6.32. The van der Waals surface area contributed by atoms with E-state index in [-0.39, 0.29) is 17.3 Å². The molecule has 0 fully saturated rings. The molecule has 1 unspecified atom stereocenters. The van der Waals surface area contributed by atoms with Gasteiger partial charge in [-0.25, -0.2) is 0 Å². The Hall–Kier alpha value is -1.98. The molecule has 0 aliphatic heterocycles. The number of phenols is 1. The Labute approximate surface area is 127 Å². The summed E-state index contributed by atoms with van der Waals surface area (Å²) in [5, 5.41) is 22.3. The number of nitrogens with one attached hydrogen (secondary N) is 1. The molecule has 112 valence electrons. The molecule has 3 N–H and O–H groups in total. The van der Waals surface area contributed by atoms with Gasteiger partial charge in [0.2, 0.25) is 0 Å². The molecule has 0 saturated heterocycles.